The molecule has 5 nitrogen and oxygen atoms in total. The summed E-state index contributed by atoms with van der Waals surface area (Å²) in [4.78, 5) is 27.5. The van der Waals surface area contributed by atoms with Gasteiger partial charge in [-0.05, 0) is 47.7 Å². The van der Waals surface area contributed by atoms with Crippen LogP contribution >= 0.6 is 35.0 Å². The van der Waals surface area contributed by atoms with Gasteiger partial charge in [-0.1, -0.05) is 35.3 Å². The van der Waals surface area contributed by atoms with E-state index in [9.17, 15) is 9.59 Å². The minimum absolute atomic E-state index is 0.353. The van der Waals surface area contributed by atoms with Gasteiger partial charge >= 0.3 is 0 Å². The van der Waals surface area contributed by atoms with Crippen LogP contribution in [0.1, 0.15) is 5.56 Å². The Bertz CT molecular complexity index is 1060. The number of imidazole rings is 1. The van der Waals surface area contributed by atoms with Crippen LogP contribution in [0.25, 0.3) is 22.8 Å². The zero-order valence-corrected chi connectivity index (χ0v) is 14.8. The van der Waals surface area contributed by atoms with E-state index in [-0.39, 0.29) is 11.1 Å². The Hall–Kier alpha value is -2.28. The molecule has 1 aliphatic heterocycles. The number of rotatable bonds is 2. The second-order valence-corrected chi connectivity index (χ2v) is 7.14. The Balaban J connectivity index is 1.69. The highest BCUT2D eigenvalue weighted by Gasteiger charge is 2.24. The Morgan fingerprint density at radius 2 is 1.80 bits per heavy atom. The number of carbonyl (C=O) groups excluding carboxylic acids is 2. The number of imide groups is 1. The lowest BCUT2D eigenvalue weighted by Crippen LogP contribution is -2.17. The lowest BCUT2D eigenvalue weighted by molar-refractivity contribution is -0.115. The van der Waals surface area contributed by atoms with Crippen molar-refractivity contribution in [2.45, 2.75) is 0 Å². The number of amides is 2. The van der Waals surface area contributed by atoms with E-state index in [2.05, 4.69) is 10.3 Å². The first kappa shape index (κ1) is 16.2. The van der Waals surface area contributed by atoms with Gasteiger partial charge in [0.05, 0.1) is 26.0 Å². The van der Waals surface area contributed by atoms with Crippen LogP contribution in [0.2, 0.25) is 10.0 Å². The van der Waals surface area contributed by atoms with Crippen LogP contribution in [-0.2, 0) is 4.79 Å². The van der Waals surface area contributed by atoms with Crippen molar-refractivity contribution in [3.05, 3.63) is 63.2 Å². The third-order valence-electron chi connectivity index (χ3n) is 3.70. The van der Waals surface area contributed by atoms with Crippen LogP contribution < -0.4 is 5.32 Å². The van der Waals surface area contributed by atoms with Crippen LogP contribution in [0.3, 0.4) is 0 Å². The quantitative estimate of drug-likeness (QED) is 0.647. The molecule has 4 rings (SSSR count). The molecule has 1 aliphatic rings. The van der Waals surface area contributed by atoms with E-state index in [0.29, 0.717) is 15.0 Å². The van der Waals surface area contributed by atoms with Crippen molar-refractivity contribution >= 4 is 63.2 Å². The van der Waals surface area contributed by atoms with E-state index >= 15 is 0 Å². The maximum atomic E-state index is 11.6. The van der Waals surface area contributed by atoms with Crippen molar-refractivity contribution in [1.29, 1.82) is 0 Å². The number of nitrogens with one attached hydrogen (secondary N) is 1. The molecule has 8 heteroatoms. The number of hydrogen-bond donors (Lipinski definition) is 1. The molecule has 1 aromatic heterocycles. The van der Waals surface area contributed by atoms with Gasteiger partial charge in [-0.3, -0.25) is 19.5 Å². The number of hydrogen-bond acceptors (Lipinski definition) is 4. The van der Waals surface area contributed by atoms with Crippen molar-refractivity contribution in [3.63, 3.8) is 0 Å². The van der Waals surface area contributed by atoms with Crippen molar-refractivity contribution in [1.82, 2.24) is 14.9 Å². The molecule has 0 aliphatic carbocycles. The summed E-state index contributed by atoms with van der Waals surface area (Å²) in [7, 11) is 0. The molecule has 2 heterocycles. The van der Waals surface area contributed by atoms with E-state index in [1.54, 1.807) is 24.5 Å². The fourth-order valence-electron chi connectivity index (χ4n) is 2.51. The molecule has 3 aromatic rings. The summed E-state index contributed by atoms with van der Waals surface area (Å²) < 4.78 is 1.90. The Kier molecular flexibility index (Phi) is 4.03. The fourth-order valence-corrected chi connectivity index (χ4v) is 3.51. The summed E-state index contributed by atoms with van der Waals surface area (Å²) in [6, 6.07) is 11.0. The topological polar surface area (TPSA) is 64.0 Å². The van der Waals surface area contributed by atoms with Gasteiger partial charge in [0.1, 0.15) is 6.33 Å². The third-order valence-corrected chi connectivity index (χ3v) is 5.23. The van der Waals surface area contributed by atoms with Gasteiger partial charge in [-0.15, -0.1) is 0 Å². The van der Waals surface area contributed by atoms with Crippen molar-refractivity contribution in [2.75, 3.05) is 0 Å². The van der Waals surface area contributed by atoms with Crippen molar-refractivity contribution in [3.8, 4) is 5.69 Å². The monoisotopic (exact) mass is 389 g/mol. The van der Waals surface area contributed by atoms with Gasteiger partial charge in [0.25, 0.3) is 11.1 Å². The smallest absolute Gasteiger partial charge is 0.290 e. The minimum atomic E-state index is -0.369. The van der Waals surface area contributed by atoms with Gasteiger partial charge in [0.2, 0.25) is 0 Å². The van der Waals surface area contributed by atoms with Crippen LogP contribution in [0.15, 0.2) is 47.6 Å². The predicted octanol–water partition coefficient (Wildman–Crippen LogP) is 4.66. The molecule has 2 amide bonds. The molecule has 0 spiro atoms. The first-order valence-corrected chi connectivity index (χ1v) is 8.76. The van der Waals surface area contributed by atoms with Crippen LogP contribution in [0.5, 0.6) is 0 Å². The highest BCUT2D eigenvalue weighted by atomic mass is 35.5. The number of fused-ring (bicyclic) bond motifs is 1. The second kappa shape index (κ2) is 6.22. The number of benzene rings is 2. The zero-order valence-electron chi connectivity index (χ0n) is 12.5. The van der Waals surface area contributed by atoms with Crippen LogP contribution in [-0.4, -0.2) is 20.7 Å². The number of halogens is 2. The summed E-state index contributed by atoms with van der Waals surface area (Å²) in [5.74, 6) is -0.369. The van der Waals surface area contributed by atoms with E-state index in [4.69, 9.17) is 23.2 Å². The van der Waals surface area contributed by atoms with Crippen molar-refractivity contribution in [2.24, 2.45) is 0 Å². The molecular formula is C17H9Cl2N3O2S. The van der Waals surface area contributed by atoms with Gasteiger partial charge in [0, 0.05) is 5.69 Å². The molecule has 25 heavy (non-hydrogen) atoms. The first-order chi connectivity index (χ1) is 12.0. The molecule has 124 valence electrons. The summed E-state index contributed by atoms with van der Waals surface area (Å²) in [5.41, 5.74) is 3.30. The summed E-state index contributed by atoms with van der Waals surface area (Å²) in [6.07, 6.45) is 3.38. The maximum Gasteiger partial charge on any atom is 0.290 e. The third kappa shape index (κ3) is 3.04. The van der Waals surface area contributed by atoms with Gasteiger partial charge in [0.15, 0.2) is 0 Å². The number of nitrogens with zero attached hydrogens (tertiary/aromatic N) is 2. The zero-order chi connectivity index (χ0) is 17.6. The molecule has 1 fully saturated rings. The largest absolute Gasteiger partial charge is 0.299 e. The predicted molar refractivity (Wildman–Crippen MR) is 100 cm³/mol. The standard InChI is InChI=1S/C17H9Cl2N3O2S/c18-11-6-13-14(7-12(11)19)22(8-20-13)10-3-1-9(2-4-10)5-15-16(23)21-17(24)25-15/h1-8H,(H,21,23,24)/b15-5-. The van der Waals surface area contributed by atoms with E-state index in [1.807, 2.05) is 28.8 Å². The van der Waals surface area contributed by atoms with E-state index in [1.165, 1.54) is 0 Å². The lowest BCUT2D eigenvalue weighted by atomic mass is 10.2. The van der Waals surface area contributed by atoms with Crippen LogP contribution in [0, 0.1) is 0 Å². The summed E-state index contributed by atoms with van der Waals surface area (Å²) in [5, 5.41) is 2.80. The fraction of sp³-hybridized carbons (Fsp3) is 0. The normalized spacial score (nSPS) is 16.0. The molecule has 1 saturated heterocycles. The average Bonchev–Trinajstić information content (AvgIpc) is 3.12. The van der Waals surface area contributed by atoms with E-state index in [0.717, 1.165) is 34.0 Å². The molecule has 0 unspecified atom stereocenters. The molecule has 0 saturated carbocycles. The van der Waals surface area contributed by atoms with E-state index < -0.39 is 0 Å². The average molecular weight is 390 g/mol. The first-order valence-electron chi connectivity index (χ1n) is 7.19. The molecule has 0 bridgehead atoms. The molecule has 1 N–H and O–H groups in total. The van der Waals surface area contributed by atoms with Crippen molar-refractivity contribution < 1.29 is 9.59 Å². The maximum absolute atomic E-state index is 11.6. The molecule has 2 aromatic carbocycles. The molecule has 0 radical (unpaired) electrons. The number of carbonyl (C=O) groups is 2. The Morgan fingerprint density at radius 3 is 2.48 bits per heavy atom. The van der Waals surface area contributed by atoms with Gasteiger partial charge in [-0.25, -0.2) is 4.98 Å². The Morgan fingerprint density at radius 1 is 1.08 bits per heavy atom. The van der Waals surface area contributed by atoms with Crippen LogP contribution in [0.4, 0.5) is 4.79 Å². The number of thioether (sulfide) groups is 1. The van der Waals surface area contributed by atoms with Gasteiger partial charge < -0.3 is 0 Å². The minimum Gasteiger partial charge on any atom is -0.299 e. The molecular weight excluding hydrogens is 381 g/mol. The highest BCUT2D eigenvalue weighted by molar-refractivity contribution is 8.18. The number of aromatic nitrogens is 2. The van der Waals surface area contributed by atoms with Gasteiger partial charge in [-0.2, -0.15) is 0 Å². The highest BCUT2D eigenvalue weighted by Crippen LogP contribution is 2.29. The Labute approximate surface area is 156 Å². The summed E-state index contributed by atoms with van der Waals surface area (Å²) in [6.45, 7) is 0. The SMILES string of the molecule is O=C1NC(=O)/C(=C/c2ccc(-n3cnc4cc(Cl)c(Cl)cc43)cc2)S1. The lowest BCUT2D eigenvalue weighted by Gasteiger charge is -2.06. The summed E-state index contributed by atoms with van der Waals surface area (Å²) >= 11 is 13.0. The second-order valence-electron chi connectivity index (χ2n) is 5.31. The molecule has 0 atom stereocenters.